The number of rotatable bonds is 3. The summed E-state index contributed by atoms with van der Waals surface area (Å²) in [6.45, 7) is 3.14. The Hall–Kier alpha value is -2.61. The fraction of sp³-hybridized carbons (Fsp3) is 0.267. The van der Waals surface area contributed by atoms with E-state index in [0.717, 1.165) is 10.1 Å². The van der Waals surface area contributed by atoms with Gasteiger partial charge in [0.1, 0.15) is 0 Å². The second kappa shape index (κ2) is 5.54. The van der Waals surface area contributed by atoms with Crippen LogP contribution in [0.5, 0.6) is 0 Å². The topological polar surface area (TPSA) is 106 Å². The number of thiophene rings is 1. The number of fused-ring (bicyclic) bond motifs is 1. The Balaban J connectivity index is 2.29. The van der Waals surface area contributed by atoms with Gasteiger partial charge >= 0.3 is 5.97 Å². The lowest BCUT2D eigenvalue weighted by Gasteiger charge is -2.26. The van der Waals surface area contributed by atoms with Crippen molar-refractivity contribution in [2.75, 3.05) is 0 Å². The van der Waals surface area contributed by atoms with Gasteiger partial charge in [0.05, 0.1) is 17.2 Å². The fourth-order valence-electron chi connectivity index (χ4n) is 3.04. The van der Waals surface area contributed by atoms with Crippen LogP contribution in [0, 0.1) is 10.1 Å². The van der Waals surface area contributed by atoms with Crippen LogP contribution in [0.15, 0.2) is 40.1 Å². The zero-order valence-corrected chi connectivity index (χ0v) is 13.2. The van der Waals surface area contributed by atoms with Crippen LogP contribution in [-0.4, -0.2) is 32.7 Å². The second-order valence-corrected chi connectivity index (χ2v) is 6.24. The number of hydrogen-bond donors (Lipinski definition) is 1. The van der Waals surface area contributed by atoms with E-state index in [-0.39, 0.29) is 5.57 Å². The molecule has 23 heavy (non-hydrogen) atoms. The third kappa shape index (κ3) is 2.40. The molecule has 2 unspecified atom stereocenters. The third-order valence-electron chi connectivity index (χ3n) is 3.99. The molecule has 0 saturated heterocycles. The first kappa shape index (κ1) is 15.3. The Bertz CT molecular complexity index is 884. The Kier molecular flexibility index (Phi) is 3.69. The van der Waals surface area contributed by atoms with Gasteiger partial charge in [0.2, 0.25) is 0 Å². The molecule has 2 aromatic rings. The monoisotopic (exact) mass is 331 g/mol. The molecule has 0 radical (unpaired) electrons. The SMILES string of the molecule is CC1=NC(C)=C(C(=O)O)C(c2csc3ccncc23)C1[N+](=O)[O-]. The van der Waals surface area contributed by atoms with Crippen LogP contribution in [0.4, 0.5) is 0 Å². The van der Waals surface area contributed by atoms with Gasteiger partial charge in [-0.2, -0.15) is 0 Å². The van der Waals surface area contributed by atoms with Crippen LogP contribution in [0.2, 0.25) is 0 Å². The normalized spacial score (nSPS) is 21.4. The highest BCUT2D eigenvalue weighted by Gasteiger charge is 2.45. The number of carboxylic acid groups (broad SMARTS) is 1. The Morgan fingerprint density at radius 1 is 1.43 bits per heavy atom. The highest BCUT2D eigenvalue weighted by atomic mass is 32.1. The summed E-state index contributed by atoms with van der Waals surface area (Å²) in [4.78, 5) is 31.0. The van der Waals surface area contributed by atoms with Crippen LogP contribution in [-0.2, 0) is 4.79 Å². The quantitative estimate of drug-likeness (QED) is 0.687. The number of aliphatic carboxylic acids is 1. The summed E-state index contributed by atoms with van der Waals surface area (Å²) < 4.78 is 0.916. The van der Waals surface area contributed by atoms with Crippen molar-refractivity contribution < 1.29 is 14.8 Å². The van der Waals surface area contributed by atoms with Crippen LogP contribution >= 0.6 is 11.3 Å². The standard InChI is InChI=1S/C15H13N3O4S/c1-7-12(15(19)20)13(14(18(21)22)8(2)17-7)10-6-23-11-3-4-16-5-9(10)11/h3-6,13-14H,1-2H3,(H,19,20). The first-order chi connectivity index (χ1) is 10.9. The molecule has 1 aliphatic rings. The summed E-state index contributed by atoms with van der Waals surface area (Å²) in [7, 11) is 0. The number of carboxylic acids is 1. The lowest BCUT2D eigenvalue weighted by atomic mass is 9.80. The summed E-state index contributed by atoms with van der Waals surface area (Å²) in [5, 5.41) is 23.7. The van der Waals surface area contributed by atoms with Crippen molar-refractivity contribution in [3.05, 3.63) is 50.8 Å². The van der Waals surface area contributed by atoms with Crippen molar-refractivity contribution in [3.8, 4) is 0 Å². The molecular formula is C15H13N3O4S. The first-order valence-corrected chi connectivity index (χ1v) is 7.73. The van der Waals surface area contributed by atoms with Gasteiger partial charge in [-0.1, -0.05) is 0 Å². The molecule has 0 saturated carbocycles. The molecule has 8 heteroatoms. The van der Waals surface area contributed by atoms with Crippen molar-refractivity contribution in [1.82, 2.24) is 4.98 Å². The van der Waals surface area contributed by atoms with Gasteiger partial charge in [-0.05, 0) is 30.9 Å². The molecule has 7 nitrogen and oxygen atoms in total. The summed E-state index contributed by atoms with van der Waals surface area (Å²) in [6.07, 6.45) is 3.26. The maximum absolute atomic E-state index is 11.7. The van der Waals surface area contributed by atoms with Crippen molar-refractivity contribution >= 4 is 33.1 Å². The number of carbonyl (C=O) groups is 1. The maximum Gasteiger partial charge on any atom is 0.334 e. The maximum atomic E-state index is 11.7. The van der Waals surface area contributed by atoms with Crippen LogP contribution in [0.1, 0.15) is 25.3 Å². The minimum atomic E-state index is -1.19. The molecule has 0 aromatic carbocycles. The lowest BCUT2D eigenvalue weighted by molar-refractivity contribution is -0.505. The predicted octanol–water partition coefficient (Wildman–Crippen LogP) is 2.86. The van der Waals surface area contributed by atoms with Gasteiger partial charge in [-0.3, -0.25) is 20.1 Å². The summed E-state index contributed by atoms with van der Waals surface area (Å²) >= 11 is 1.42. The molecule has 0 amide bonds. The molecule has 0 fully saturated rings. The molecular weight excluding hydrogens is 318 g/mol. The van der Waals surface area contributed by atoms with E-state index < -0.39 is 22.9 Å². The largest absolute Gasteiger partial charge is 0.478 e. The first-order valence-electron chi connectivity index (χ1n) is 6.85. The van der Waals surface area contributed by atoms with Gasteiger partial charge in [0, 0.05) is 33.1 Å². The second-order valence-electron chi connectivity index (χ2n) is 5.33. The number of pyridine rings is 1. The zero-order valence-electron chi connectivity index (χ0n) is 12.4. The van der Waals surface area contributed by atoms with E-state index in [2.05, 4.69) is 9.98 Å². The van der Waals surface area contributed by atoms with Gasteiger partial charge in [-0.25, -0.2) is 4.79 Å². The number of nitro groups is 1. The number of allylic oxidation sites excluding steroid dienone is 1. The Labute approximate surface area is 135 Å². The van der Waals surface area contributed by atoms with E-state index in [9.17, 15) is 20.0 Å². The molecule has 2 aromatic heterocycles. The van der Waals surface area contributed by atoms with E-state index >= 15 is 0 Å². The van der Waals surface area contributed by atoms with E-state index in [1.54, 1.807) is 31.6 Å². The minimum Gasteiger partial charge on any atom is -0.478 e. The lowest BCUT2D eigenvalue weighted by Crippen LogP contribution is -2.39. The molecule has 118 valence electrons. The number of hydrogen-bond acceptors (Lipinski definition) is 6. The third-order valence-corrected chi connectivity index (χ3v) is 4.97. The fourth-order valence-corrected chi connectivity index (χ4v) is 4.00. The molecule has 3 heterocycles. The van der Waals surface area contributed by atoms with Crippen molar-refractivity contribution in [2.24, 2.45) is 4.99 Å². The van der Waals surface area contributed by atoms with Crippen LogP contribution < -0.4 is 0 Å². The molecule has 2 atom stereocenters. The predicted molar refractivity (Wildman–Crippen MR) is 86.6 cm³/mol. The Morgan fingerprint density at radius 2 is 2.17 bits per heavy atom. The van der Waals surface area contributed by atoms with E-state index in [1.807, 2.05) is 6.07 Å². The van der Waals surface area contributed by atoms with Crippen molar-refractivity contribution in [2.45, 2.75) is 25.8 Å². The molecule has 0 spiro atoms. The molecule has 0 bridgehead atoms. The van der Waals surface area contributed by atoms with E-state index in [1.165, 1.54) is 11.3 Å². The van der Waals surface area contributed by atoms with E-state index in [0.29, 0.717) is 17.0 Å². The van der Waals surface area contributed by atoms with E-state index in [4.69, 9.17) is 0 Å². The average molecular weight is 331 g/mol. The van der Waals surface area contributed by atoms with Gasteiger partial charge in [0.25, 0.3) is 6.04 Å². The highest BCUT2D eigenvalue weighted by Crippen LogP contribution is 2.41. The van der Waals surface area contributed by atoms with Gasteiger partial charge in [-0.15, -0.1) is 11.3 Å². The summed E-state index contributed by atoms with van der Waals surface area (Å²) in [5.74, 6) is -2.06. The molecule has 3 rings (SSSR count). The van der Waals surface area contributed by atoms with Gasteiger partial charge in [0.15, 0.2) is 0 Å². The molecule has 1 aliphatic heterocycles. The van der Waals surface area contributed by atoms with Crippen LogP contribution in [0.3, 0.4) is 0 Å². The molecule has 1 N–H and O–H groups in total. The number of nitrogens with zero attached hydrogens (tertiary/aromatic N) is 3. The molecule has 0 aliphatic carbocycles. The van der Waals surface area contributed by atoms with Crippen molar-refractivity contribution in [1.29, 1.82) is 0 Å². The Morgan fingerprint density at radius 3 is 2.83 bits per heavy atom. The smallest absolute Gasteiger partial charge is 0.334 e. The average Bonchev–Trinajstić information content (AvgIpc) is 2.89. The van der Waals surface area contributed by atoms with Crippen molar-refractivity contribution in [3.63, 3.8) is 0 Å². The van der Waals surface area contributed by atoms with Crippen LogP contribution in [0.25, 0.3) is 10.1 Å². The van der Waals surface area contributed by atoms with Gasteiger partial charge < -0.3 is 5.11 Å². The minimum absolute atomic E-state index is 0.0270. The summed E-state index contributed by atoms with van der Waals surface area (Å²) in [6, 6.07) is 0.619. The number of aliphatic imine (C=N–C) groups is 1. The summed E-state index contributed by atoms with van der Waals surface area (Å²) in [5.41, 5.74) is 1.21. The number of aromatic nitrogens is 1. The highest BCUT2D eigenvalue weighted by molar-refractivity contribution is 7.17. The zero-order chi connectivity index (χ0) is 16.7.